The monoisotopic (exact) mass is 533 g/mol. The lowest BCUT2D eigenvalue weighted by Crippen LogP contribution is -2.51. The Hall–Kier alpha value is -2.91. The topological polar surface area (TPSA) is 95.9 Å². The second-order valence-electron chi connectivity index (χ2n) is 8.89. The highest BCUT2D eigenvalue weighted by Crippen LogP contribution is 2.31. The summed E-state index contributed by atoms with van der Waals surface area (Å²) in [5.41, 5.74) is 2.32. The van der Waals surface area contributed by atoms with Crippen molar-refractivity contribution in [1.29, 1.82) is 0 Å². The van der Waals surface area contributed by atoms with Crippen molar-refractivity contribution < 1.29 is 19.1 Å². The predicted molar refractivity (Wildman–Crippen MR) is 136 cm³/mol. The number of piperazine rings is 1. The van der Waals surface area contributed by atoms with Gasteiger partial charge in [0.15, 0.2) is 0 Å². The number of halogens is 2. The van der Waals surface area contributed by atoms with Gasteiger partial charge in [-0.3, -0.25) is 14.6 Å². The van der Waals surface area contributed by atoms with E-state index in [9.17, 15) is 14.4 Å². The van der Waals surface area contributed by atoms with Crippen LogP contribution < -0.4 is 0 Å². The van der Waals surface area contributed by atoms with Gasteiger partial charge in [0.25, 0.3) is 11.8 Å². The molecule has 192 valence electrons. The summed E-state index contributed by atoms with van der Waals surface area (Å²) in [6, 6.07) is 6.80. The normalized spacial score (nSPS) is 16.7. The standard InChI is InChI=1S/C25H29Cl2N5O4/c1-3-36-25(35)32-14-12-31(13-15-32)23(33)18-5-4-16(2)28-21(18)17-8-10-30(11-9-17)24(34)22-19(26)6-7-20(27)29-22/h4-7,17H,3,8-15H2,1-2H3. The molecule has 2 aliphatic rings. The summed E-state index contributed by atoms with van der Waals surface area (Å²) < 4.78 is 5.07. The predicted octanol–water partition coefficient (Wildman–Crippen LogP) is 4.03. The van der Waals surface area contributed by atoms with Gasteiger partial charge in [-0.2, -0.15) is 0 Å². The second-order valence-corrected chi connectivity index (χ2v) is 9.69. The molecule has 0 radical (unpaired) electrons. The quantitative estimate of drug-likeness (QED) is 0.550. The van der Waals surface area contributed by atoms with Gasteiger partial charge in [0.2, 0.25) is 0 Å². The number of pyridine rings is 2. The first kappa shape index (κ1) is 26.2. The first-order valence-electron chi connectivity index (χ1n) is 12.1. The number of likely N-dealkylation sites (tertiary alicyclic amines) is 1. The average molecular weight is 534 g/mol. The highest BCUT2D eigenvalue weighted by molar-refractivity contribution is 6.34. The minimum atomic E-state index is -0.349. The molecule has 2 aromatic rings. The number of hydrogen-bond acceptors (Lipinski definition) is 6. The SMILES string of the molecule is CCOC(=O)N1CCN(C(=O)c2ccc(C)nc2C2CCN(C(=O)c3nc(Cl)ccc3Cl)CC2)CC1. The largest absolute Gasteiger partial charge is 0.450 e. The number of carbonyl (C=O) groups is 3. The molecule has 2 aromatic heterocycles. The fourth-order valence-corrected chi connectivity index (χ4v) is 4.95. The number of rotatable bonds is 4. The fraction of sp³-hybridized carbons (Fsp3) is 0.480. The average Bonchev–Trinajstić information content (AvgIpc) is 2.89. The first-order chi connectivity index (χ1) is 17.3. The van der Waals surface area contributed by atoms with E-state index in [1.807, 2.05) is 19.1 Å². The van der Waals surface area contributed by atoms with Crippen LogP contribution >= 0.6 is 23.2 Å². The zero-order valence-electron chi connectivity index (χ0n) is 20.4. The molecular weight excluding hydrogens is 505 g/mol. The molecule has 2 saturated heterocycles. The van der Waals surface area contributed by atoms with Crippen molar-refractivity contribution in [3.05, 3.63) is 57.1 Å². The molecule has 0 saturated carbocycles. The molecule has 2 aliphatic heterocycles. The number of aromatic nitrogens is 2. The van der Waals surface area contributed by atoms with Gasteiger partial charge in [-0.1, -0.05) is 23.2 Å². The molecule has 4 heterocycles. The Morgan fingerprint density at radius 1 is 0.889 bits per heavy atom. The van der Waals surface area contributed by atoms with Crippen molar-refractivity contribution >= 4 is 41.1 Å². The van der Waals surface area contributed by atoms with Crippen molar-refractivity contribution in [1.82, 2.24) is 24.7 Å². The molecule has 36 heavy (non-hydrogen) atoms. The van der Waals surface area contributed by atoms with E-state index >= 15 is 0 Å². The van der Waals surface area contributed by atoms with Crippen molar-refractivity contribution in [3.63, 3.8) is 0 Å². The van der Waals surface area contributed by atoms with Gasteiger partial charge >= 0.3 is 6.09 Å². The van der Waals surface area contributed by atoms with Crippen LogP contribution in [0.15, 0.2) is 24.3 Å². The zero-order chi connectivity index (χ0) is 25.8. The number of piperidine rings is 1. The Balaban J connectivity index is 1.44. The van der Waals surface area contributed by atoms with Crippen molar-refractivity contribution in [2.24, 2.45) is 0 Å². The van der Waals surface area contributed by atoms with E-state index in [-0.39, 0.29) is 39.7 Å². The van der Waals surface area contributed by atoms with Gasteiger partial charge in [0, 0.05) is 50.9 Å². The number of carbonyl (C=O) groups excluding carboxylic acids is 3. The molecular formula is C25H29Cl2N5O4. The Bertz CT molecular complexity index is 1150. The molecule has 0 aromatic carbocycles. The summed E-state index contributed by atoms with van der Waals surface area (Å²) in [5, 5.41) is 0.482. The maximum absolute atomic E-state index is 13.5. The van der Waals surface area contributed by atoms with E-state index in [0.29, 0.717) is 64.3 Å². The van der Waals surface area contributed by atoms with Gasteiger partial charge < -0.3 is 19.4 Å². The highest BCUT2D eigenvalue weighted by atomic mass is 35.5. The molecule has 9 nitrogen and oxygen atoms in total. The lowest BCUT2D eigenvalue weighted by molar-refractivity contribution is 0.0567. The number of ether oxygens (including phenoxy) is 1. The number of nitrogens with zero attached hydrogens (tertiary/aromatic N) is 5. The summed E-state index contributed by atoms with van der Waals surface area (Å²) in [4.78, 5) is 52.4. The van der Waals surface area contributed by atoms with E-state index < -0.39 is 0 Å². The van der Waals surface area contributed by atoms with E-state index in [1.165, 1.54) is 0 Å². The molecule has 2 fully saturated rings. The molecule has 4 rings (SSSR count). The maximum Gasteiger partial charge on any atom is 0.409 e. The smallest absolute Gasteiger partial charge is 0.409 e. The van der Waals surface area contributed by atoms with Crippen LogP contribution in [0.1, 0.15) is 57.9 Å². The lowest BCUT2D eigenvalue weighted by atomic mass is 9.89. The molecule has 0 N–H and O–H groups in total. The molecule has 0 aliphatic carbocycles. The van der Waals surface area contributed by atoms with Crippen LogP contribution in [0.3, 0.4) is 0 Å². The van der Waals surface area contributed by atoms with Gasteiger partial charge in [0.1, 0.15) is 10.8 Å². The third-order valence-corrected chi connectivity index (χ3v) is 7.09. The van der Waals surface area contributed by atoms with Crippen LogP contribution in [0.25, 0.3) is 0 Å². The van der Waals surface area contributed by atoms with E-state index in [0.717, 1.165) is 11.4 Å². The summed E-state index contributed by atoms with van der Waals surface area (Å²) >= 11 is 12.1. The third-order valence-electron chi connectivity index (χ3n) is 6.57. The third kappa shape index (κ3) is 5.73. The molecule has 0 unspecified atom stereocenters. The van der Waals surface area contributed by atoms with E-state index in [4.69, 9.17) is 32.9 Å². The van der Waals surface area contributed by atoms with E-state index in [1.54, 1.807) is 33.8 Å². The number of aryl methyl sites for hydroxylation is 1. The summed E-state index contributed by atoms with van der Waals surface area (Å²) in [6.07, 6.45) is 0.979. The van der Waals surface area contributed by atoms with Crippen molar-refractivity contribution in [2.45, 2.75) is 32.6 Å². The van der Waals surface area contributed by atoms with Crippen LogP contribution in [-0.2, 0) is 4.74 Å². The summed E-state index contributed by atoms with van der Waals surface area (Å²) in [5.74, 6) is -0.306. The minimum Gasteiger partial charge on any atom is -0.450 e. The van der Waals surface area contributed by atoms with Gasteiger partial charge in [-0.25, -0.2) is 9.78 Å². The van der Waals surface area contributed by atoms with Crippen LogP contribution in [-0.4, -0.2) is 88.5 Å². The zero-order valence-corrected chi connectivity index (χ0v) is 21.9. The highest BCUT2D eigenvalue weighted by Gasteiger charge is 2.32. The summed E-state index contributed by atoms with van der Waals surface area (Å²) in [6.45, 7) is 6.72. The second kappa shape index (κ2) is 11.4. The van der Waals surface area contributed by atoms with Crippen LogP contribution in [0.2, 0.25) is 10.2 Å². The van der Waals surface area contributed by atoms with Crippen molar-refractivity contribution in [3.8, 4) is 0 Å². The Morgan fingerprint density at radius 3 is 2.19 bits per heavy atom. The van der Waals surface area contributed by atoms with Gasteiger partial charge in [-0.15, -0.1) is 0 Å². The first-order valence-corrected chi connectivity index (χ1v) is 12.8. The molecule has 0 bridgehead atoms. The minimum absolute atomic E-state index is 0.0384. The fourth-order valence-electron chi connectivity index (χ4n) is 4.62. The Morgan fingerprint density at radius 2 is 1.53 bits per heavy atom. The Kier molecular flexibility index (Phi) is 8.31. The molecule has 3 amide bonds. The van der Waals surface area contributed by atoms with Crippen LogP contribution in [0.4, 0.5) is 4.79 Å². The Labute approximate surface area is 220 Å². The maximum atomic E-state index is 13.5. The molecule has 0 atom stereocenters. The van der Waals surface area contributed by atoms with E-state index in [2.05, 4.69) is 4.98 Å². The van der Waals surface area contributed by atoms with Gasteiger partial charge in [-0.05, 0) is 51.0 Å². The van der Waals surface area contributed by atoms with Crippen LogP contribution in [0, 0.1) is 6.92 Å². The molecule has 11 heteroatoms. The number of hydrogen-bond donors (Lipinski definition) is 0. The van der Waals surface area contributed by atoms with Crippen LogP contribution in [0.5, 0.6) is 0 Å². The van der Waals surface area contributed by atoms with Gasteiger partial charge in [0.05, 0.1) is 22.9 Å². The summed E-state index contributed by atoms with van der Waals surface area (Å²) in [7, 11) is 0. The number of amides is 3. The van der Waals surface area contributed by atoms with Crippen molar-refractivity contribution in [2.75, 3.05) is 45.9 Å². The molecule has 0 spiro atoms. The lowest BCUT2D eigenvalue weighted by Gasteiger charge is -2.35.